The van der Waals surface area contributed by atoms with E-state index in [1.54, 1.807) is 0 Å². The van der Waals surface area contributed by atoms with E-state index in [4.69, 9.17) is 4.74 Å². The molecular weight excluding hydrogens is 194 g/mol. The maximum Gasteiger partial charge on any atom is 0.320 e. The van der Waals surface area contributed by atoms with Crippen molar-refractivity contribution in [1.29, 1.82) is 0 Å². The molecule has 0 aliphatic rings. The van der Waals surface area contributed by atoms with Crippen LogP contribution in [0.5, 0.6) is 0 Å². The van der Waals surface area contributed by atoms with Crippen LogP contribution in [0.3, 0.4) is 0 Å². The predicted molar refractivity (Wildman–Crippen MR) is 57.2 cm³/mol. The molecule has 0 rings (SSSR count). The van der Waals surface area contributed by atoms with Gasteiger partial charge in [0.1, 0.15) is 0 Å². The fourth-order valence-corrected chi connectivity index (χ4v) is 0.745. The molecule has 1 atom stereocenters. The molecular formula is C11H17NO3. The molecule has 0 radical (unpaired) electrons. The van der Waals surface area contributed by atoms with Crippen molar-refractivity contribution < 1.29 is 14.3 Å². The quantitative estimate of drug-likeness (QED) is 0.311. The topological polar surface area (TPSA) is 55.4 Å². The van der Waals surface area contributed by atoms with Crippen molar-refractivity contribution in [2.45, 2.75) is 33.3 Å². The van der Waals surface area contributed by atoms with E-state index in [-0.39, 0.29) is 24.4 Å². The van der Waals surface area contributed by atoms with Crippen LogP contribution in [0.15, 0.2) is 0 Å². The summed E-state index contributed by atoms with van der Waals surface area (Å²) in [5.74, 6) is 4.48. The number of ether oxygens (including phenoxy) is 1. The maximum absolute atomic E-state index is 11.1. The standard InChI is InChI=1S/C11H17NO3/c1-4-10(3)15-11(14)8-12-7-5-6-9(2)13/h10,12H,4,7-8H2,1-3H3. The molecule has 15 heavy (non-hydrogen) atoms. The van der Waals surface area contributed by atoms with Crippen LogP contribution in [0, 0.1) is 11.8 Å². The normalized spacial score (nSPS) is 11.1. The highest BCUT2D eigenvalue weighted by atomic mass is 16.5. The van der Waals surface area contributed by atoms with Gasteiger partial charge in [-0.3, -0.25) is 14.9 Å². The smallest absolute Gasteiger partial charge is 0.320 e. The lowest BCUT2D eigenvalue weighted by atomic mass is 10.3. The van der Waals surface area contributed by atoms with Gasteiger partial charge in [0.2, 0.25) is 5.78 Å². The van der Waals surface area contributed by atoms with Gasteiger partial charge in [-0.2, -0.15) is 0 Å². The second-order valence-corrected chi connectivity index (χ2v) is 3.17. The Kier molecular flexibility index (Phi) is 7.29. The molecule has 0 bridgehead atoms. The third-order valence-corrected chi connectivity index (χ3v) is 1.65. The van der Waals surface area contributed by atoms with Crippen LogP contribution in [0.25, 0.3) is 0 Å². The molecule has 1 N–H and O–H groups in total. The van der Waals surface area contributed by atoms with Crippen LogP contribution in [0.4, 0.5) is 0 Å². The Morgan fingerprint density at radius 1 is 1.47 bits per heavy atom. The molecule has 0 amide bonds. The Morgan fingerprint density at radius 3 is 2.67 bits per heavy atom. The molecule has 0 aliphatic carbocycles. The Balaban J connectivity index is 3.57. The zero-order valence-electron chi connectivity index (χ0n) is 9.42. The number of nitrogens with one attached hydrogen (secondary N) is 1. The molecule has 0 saturated heterocycles. The van der Waals surface area contributed by atoms with E-state index in [0.717, 1.165) is 6.42 Å². The lowest BCUT2D eigenvalue weighted by molar-refractivity contribution is -0.147. The number of Topliss-reactive ketones (excluding diaryl/α,β-unsaturated/α-hetero) is 1. The molecule has 0 spiro atoms. The largest absolute Gasteiger partial charge is 0.462 e. The summed E-state index contributed by atoms with van der Waals surface area (Å²) >= 11 is 0. The Labute approximate surface area is 90.4 Å². The van der Waals surface area contributed by atoms with E-state index in [9.17, 15) is 9.59 Å². The molecule has 1 unspecified atom stereocenters. The highest BCUT2D eigenvalue weighted by Crippen LogP contribution is 1.95. The summed E-state index contributed by atoms with van der Waals surface area (Å²) in [7, 11) is 0. The minimum absolute atomic E-state index is 0.0531. The van der Waals surface area contributed by atoms with Crippen molar-refractivity contribution in [3.05, 3.63) is 0 Å². The maximum atomic E-state index is 11.1. The minimum atomic E-state index is -0.297. The zero-order valence-corrected chi connectivity index (χ0v) is 9.42. The number of esters is 1. The molecule has 0 fully saturated rings. The van der Waals surface area contributed by atoms with Crippen molar-refractivity contribution in [2.24, 2.45) is 0 Å². The number of ketones is 1. The summed E-state index contributed by atoms with van der Waals surface area (Å²) in [5, 5.41) is 2.77. The summed E-state index contributed by atoms with van der Waals surface area (Å²) in [6.07, 6.45) is 0.748. The van der Waals surface area contributed by atoms with Gasteiger partial charge in [-0.05, 0) is 19.3 Å². The van der Waals surface area contributed by atoms with Gasteiger partial charge in [-0.25, -0.2) is 0 Å². The second kappa shape index (κ2) is 8.01. The Hall–Kier alpha value is -1.34. The summed E-state index contributed by atoms with van der Waals surface area (Å²) in [5.41, 5.74) is 0. The molecule has 0 aromatic heterocycles. The van der Waals surface area contributed by atoms with Crippen molar-refractivity contribution in [3.8, 4) is 11.8 Å². The van der Waals surface area contributed by atoms with E-state index in [1.165, 1.54) is 6.92 Å². The summed E-state index contributed by atoms with van der Waals surface area (Å²) in [6.45, 7) is 5.62. The van der Waals surface area contributed by atoms with Gasteiger partial charge in [0.05, 0.1) is 19.2 Å². The summed E-state index contributed by atoms with van der Waals surface area (Å²) < 4.78 is 5.01. The average molecular weight is 211 g/mol. The third-order valence-electron chi connectivity index (χ3n) is 1.65. The SMILES string of the molecule is CCC(C)OC(=O)CNCC#CC(C)=O. The molecule has 4 heteroatoms. The predicted octanol–water partition coefficient (Wildman–Crippen LogP) is 0.510. The van der Waals surface area contributed by atoms with E-state index in [1.807, 2.05) is 13.8 Å². The Bertz CT molecular complexity index is 275. The van der Waals surface area contributed by atoms with Crippen molar-refractivity contribution in [2.75, 3.05) is 13.1 Å². The lowest BCUT2D eigenvalue weighted by Gasteiger charge is -2.10. The van der Waals surface area contributed by atoms with Crippen LogP contribution in [0.1, 0.15) is 27.2 Å². The molecule has 4 nitrogen and oxygen atoms in total. The van der Waals surface area contributed by atoms with Crippen LogP contribution in [0.2, 0.25) is 0 Å². The van der Waals surface area contributed by atoms with E-state index in [0.29, 0.717) is 6.54 Å². The lowest BCUT2D eigenvalue weighted by Crippen LogP contribution is -2.27. The molecule has 0 aromatic carbocycles. The number of hydrogen-bond donors (Lipinski definition) is 1. The van der Waals surface area contributed by atoms with Crippen molar-refractivity contribution in [3.63, 3.8) is 0 Å². The first-order chi connectivity index (χ1) is 7.06. The number of hydrogen-bond acceptors (Lipinski definition) is 4. The second-order valence-electron chi connectivity index (χ2n) is 3.17. The highest BCUT2D eigenvalue weighted by Gasteiger charge is 2.05. The van der Waals surface area contributed by atoms with Gasteiger partial charge < -0.3 is 4.74 Å². The number of carbonyl (C=O) groups excluding carboxylic acids is 2. The van der Waals surface area contributed by atoms with E-state index in [2.05, 4.69) is 17.2 Å². The number of carbonyl (C=O) groups is 2. The van der Waals surface area contributed by atoms with Gasteiger partial charge >= 0.3 is 5.97 Å². The highest BCUT2D eigenvalue weighted by molar-refractivity contribution is 5.93. The van der Waals surface area contributed by atoms with Gasteiger partial charge in [-0.1, -0.05) is 12.8 Å². The average Bonchev–Trinajstić information content (AvgIpc) is 2.16. The third kappa shape index (κ3) is 8.98. The zero-order chi connectivity index (χ0) is 11.7. The first kappa shape index (κ1) is 13.7. The Morgan fingerprint density at radius 2 is 2.13 bits per heavy atom. The van der Waals surface area contributed by atoms with Gasteiger partial charge in [0.25, 0.3) is 0 Å². The summed E-state index contributed by atoms with van der Waals surface area (Å²) in [6, 6.07) is 0. The van der Waals surface area contributed by atoms with Crippen LogP contribution in [-0.2, 0) is 14.3 Å². The molecule has 0 aromatic rings. The molecule has 84 valence electrons. The molecule has 0 saturated carbocycles. The van der Waals surface area contributed by atoms with E-state index < -0.39 is 0 Å². The first-order valence-electron chi connectivity index (χ1n) is 4.95. The van der Waals surface area contributed by atoms with Gasteiger partial charge in [0, 0.05) is 6.92 Å². The van der Waals surface area contributed by atoms with Crippen LogP contribution in [-0.4, -0.2) is 30.9 Å². The monoisotopic (exact) mass is 211 g/mol. The summed E-state index contributed by atoms with van der Waals surface area (Å²) in [4.78, 5) is 21.5. The van der Waals surface area contributed by atoms with Crippen LogP contribution >= 0.6 is 0 Å². The molecule has 0 heterocycles. The fraction of sp³-hybridized carbons (Fsp3) is 0.636. The first-order valence-corrected chi connectivity index (χ1v) is 4.95. The van der Waals surface area contributed by atoms with Crippen molar-refractivity contribution in [1.82, 2.24) is 5.32 Å². The molecule has 0 aliphatic heterocycles. The fourth-order valence-electron chi connectivity index (χ4n) is 0.745. The minimum Gasteiger partial charge on any atom is -0.462 e. The van der Waals surface area contributed by atoms with Crippen molar-refractivity contribution >= 4 is 11.8 Å². The van der Waals surface area contributed by atoms with Gasteiger partial charge in [0.15, 0.2) is 0 Å². The van der Waals surface area contributed by atoms with E-state index >= 15 is 0 Å². The van der Waals surface area contributed by atoms with Crippen LogP contribution < -0.4 is 5.32 Å². The number of rotatable bonds is 5. The van der Waals surface area contributed by atoms with Gasteiger partial charge in [-0.15, -0.1) is 0 Å².